The van der Waals surface area contributed by atoms with Gasteiger partial charge in [-0.05, 0) is 94.7 Å². The van der Waals surface area contributed by atoms with E-state index >= 15 is 0 Å². The normalized spacial score (nSPS) is 19.1. The van der Waals surface area contributed by atoms with Gasteiger partial charge in [0.2, 0.25) is 5.91 Å². The van der Waals surface area contributed by atoms with E-state index in [9.17, 15) is 41.1 Å². The van der Waals surface area contributed by atoms with Crippen LogP contribution in [0.4, 0.5) is 23.7 Å². The number of aliphatic hydroxyl groups is 1. The van der Waals surface area contributed by atoms with Crippen LogP contribution in [-0.4, -0.2) is 67.7 Å². The lowest BCUT2D eigenvalue weighted by Gasteiger charge is -2.34. The zero-order valence-electron chi connectivity index (χ0n) is 24.7. The molecule has 242 valence electrons. The van der Waals surface area contributed by atoms with Gasteiger partial charge in [-0.1, -0.05) is 0 Å². The van der Waals surface area contributed by atoms with Gasteiger partial charge in [-0.2, -0.15) is 13.2 Å². The maximum atomic E-state index is 13.4. The molecule has 1 saturated carbocycles. The Labute approximate surface area is 258 Å². The van der Waals surface area contributed by atoms with Crippen LogP contribution in [0.2, 0.25) is 0 Å². The van der Waals surface area contributed by atoms with Gasteiger partial charge in [0.05, 0.1) is 40.1 Å². The number of carbonyl (C=O) groups is 3. The Hall–Kier alpha value is -3.30. The highest BCUT2D eigenvalue weighted by atomic mass is 32.2. The van der Waals surface area contributed by atoms with Gasteiger partial charge in [0, 0.05) is 10.9 Å². The number of amides is 3. The summed E-state index contributed by atoms with van der Waals surface area (Å²) in [5.74, 6) is -2.62. The van der Waals surface area contributed by atoms with Crippen molar-refractivity contribution in [3.05, 3.63) is 53.6 Å². The number of aliphatic hydroxyl groups excluding tert-OH is 1. The molecule has 1 aliphatic rings. The molecule has 15 heteroatoms. The minimum absolute atomic E-state index is 0.0862. The van der Waals surface area contributed by atoms with Crippen LogP contribution in [0.1, 0.15) is 56.0 Å². The molecular weight excluding hydrogens is 623 g/mol. The van der Waals surface area contributed by atoms with Crippen LogP contribution in [0.25, 0.3) is 0 Å². The number of nitrogens with one attached hydrogen (secondary N) is 3. The number of ether oxygens (including phenoxy) is 1. The predicted molar refractivity (Wildman–Crippen MR) is 159 cm³/mol. The van der Waals surface area contributed by atoms with Gasteiger partial charge in [-0.3, -0.25) is 14.9 Å². The lowest BCUT2D eigenvalue weighted by molar-refractivity contribution is -0.137. The molecule has 1 fully saturated rings. The minimum Gasteiger partial charge on any atom is -0.444 e. The van der Waals surface area contributed by atoms with Crippen LogP contribution in [0.3, 0.4) is 0 Å². The van der Waals surface area contributed by atoms with E-state index in [1.165, 1.54) is 23.9 Å². The van der Waals surface area contributed by atoms with Gasteiger partial charge in [0.1, 0.15) is 5.60 Å². The second kappa shape index (κ2) is 14.2. The first-order valence-corrected chi connectivity index (χ1v) is 16.6. The van der Waals surface area contributed by atoms with Crippen LogP contribution >= 0.6 is 11.8 Å². The number of hydrogen-bond acceptors (Lipinski definition) is 8. The standard InChI is InChI=1S/C29H36F3N3O7S2/c1-28(2,3)42-27(39)35-23-12-6-18(29(30,31)32)13-22(23)26(38)33-15-25(37)34-24-14-19(36)7-5-17(24)16-44(40,41)21-10-8-20(43-4)9-11-21/h6,8-13,17,19,24,36H,5,7,14-16H2,1-4H3,(H,33,38)(H,34,37)(H,35,39)/t17-,19-,24-/m0/s1. The topological polar surface area (TPSA) is 151 Å². The van der Waals surface area contributed by atoms with E-state index in [-0.39, 0.29) is 22.8 Å². The smallest absolute Gasteiger partial charge is 0.416 e. The van der Waals surface area contributed by atoms with Gasteiger partial charge < -0.3 is 20.5 Å². The summed E-state index contributed by atoms with van der Waals surface area (Å²) in [7, 11) is -3.72. The van der Waals surface area contributed by atoms with Gasteiger partial charge in [0.25, 0.3) is 5.91 Å². The summed E-state index contributed by atoms with van der Waals surface area (Å²) in [5.41, 5.74) is -2.89. The van der Waals surface area contributed by atoms with E-state index in [0.717, 1.165) is 11.0 Å². The van der Waals surface area contributed by atoms with E-state index in [1.807, 2.05) is 6.26 Å². The molecule has 3 rings (SSSR count). The number of anilines is 1. The van der Waals surface area contributed by atoms with Crippen molar-refractivity contribution in [2.75, 3.05) is 23.9 Å². The second-order valence-corrected chi connectivity index (χ2v) is 14.3. The van der Waals surface area contributed by atoms with E-state index in [0.29, 0.717) is 25.0 Å². The maximum absolute atomic E-state index is 13.4. The number of halogens is 3. The second-order valence-electron chi connectivity index (χ2n) is 11.4. The van der Waals surface area contributed by atoms with Crippen LogP contribution in [0.15, 0.2) is 52.3 Å². The van der Waals surface area contributed by atoms with Crippen molar-refractivity contribution in [2.24, 2.45) is 5.92 Å². The summed E-state index contributed by atoms with van der Waals surface area (Å²) < 4.78 is 71.5. The molecule has 0 spiro atoms. The Morgan fingerprint density at radius 3 is 2.30 bits per heavy atom. The minimum atomic E-state index is -4.79. The molecular formula is C29H36F3N3O7S2. The highest BCUT2D eigenvalue weighted by Gasteiger charge is 2.35. The van der Waals surface area contributed by atoms with Crippen molar-refractivity contribution in [1.29, 1.82) is 0 Å². The molecule has 1 aliphatic carbocycles. The largest absolute Gasteiger partial charge is 0.444 e. The summed E-state index contributed by atoms with van der Waals surface area (Å²) in [6.07, 6.45) is -3.94. The van der Waals surface area contributed by atoms with Crippen molar-refractivity contribution in [2.45, 2.75) is 73.7 Å². The van der Waals surface area contributed by atoms with Gasteiger partial charge >= 0.3 is 12.3 Å². The zero-order chi connectivity index (χ0) is 32.9. The third-order valence-corrected chi connectivity index (χ3v) is 9.40. The summed E-state index contributed by atoms with van der Waals surface area (Å²) in [5, 5.41) is 17.4. The van der Waals surface area contributed by atoms with Crippen molar-refractivity contribution < 1.29 is 45.8 Å². The predicted octanol–water partition coefficient (Wildman–Crippen LogP) is 4.62. The van der Waals surface area contributed by atoms with Crippen LogP contribution in [0, 0.1) is 5.92 Å². The van der Waals surface area contributed by atoms with Gasteiger partial charge in [-0.15, -0.1) is 11.8 Å². The molecule has 0 heterocycles. The summed E-state index contributed by atoms with van der Waals surface area (Å²) >= 11 is 1.47. The molecule has 4 N–H and O–H groups in total. The zero-order valence-corrected chi connectivity index (χ0v) is 26.3. The maximum Gasteiger partial charge on any atom is 0.416 e. The van der Waals surface area contributed by atoms with Crippen molar-refractivity contribution >= 4 is 45.2 Å². The fraction of sp³-hybridized carbons (Fsp3) is 0.483. The first kappa shape index (κ1) is 35.2. The number of alkyl halides is 3. The molecule has 0 bridgehead atoms. The van der Waals surface area contributed by atoms with E-state index in [4.69, 9.17) is 4.74 Å². The first-order chi connectivity index (χ1) is 20.4. The lowest BCUT2D eigenvalue weighted by atomic mass is 9.84. The van der Waals surface area contributed by atoms with Gasteiger partial charge in [0.15, 0.2) is 9.84 Å². The summed E-state index contributed by atoms with van der Waals surface area (Å²) in [6.45, 7) is 4.09. The molecule has 2 aromatic rings. The fourth-order valence-corrected chi connectivity index (χ4v) is 6.81. The lowest BCUT2D eigenvalue weighted by Crippen LogP contribution is -2.50. The van der Waals surface area contributed by atoms with E-state index in [1.54, 1.807) is 32.9 Å². The van der Waals surface area contributed by atoms with Crippen LogP contribution < -0.4 is 16.0 Å². The molecule has 10 nitrogen and oxygen atoms in total. The molecule has 0 saturated heterocycles. The molecule has 44 heavy (non-hydrogen) atoms. The van der Waals surface area contributed by atoms with Crippen LogP contribution in [0.5, 0.6) is 0 Å². The van der Waals surface area contributed by atoms with E-state index in [2.05, 4.69) is 16.0 Å². The Balaban J connectivity index is 1.71. The summed E-state index contributed by atoms with van der Waals surface area (Å²) in [6, 6.07) is 7.83. The number of benzene rings is 2. The number of rotatable bonds is 9. The van der Waals surface area contributed by atoms with Crippen LogP contribution in [-0.2, 0) is 25.5 Å². The van der Waals surface area contributed by atoms with Crippen molar-refractivity contribution in [3.63, 3.8) is 0 Å². The fourth-order valence-electron chi connectivity index (χ4n) is 4.69. The molecule has 3 atom stereocenters. The Bertz CT molecular complexity index is 1460. The number of carbonyl (C=O) groups excluding carboxylic acids is 3. The summed E-state index contributed by atoms with van der Waals surface area (Å²) in [4.78, 5) is 39.0. The van der Waals surface area contributed by atoms with E-state index < -0.39 is 75.3 Å². The average Bonchev–Trinajstić information content (AvgIpc) is 2.91. The molecule has 2 aromatic carbocycles. The number of hydrogen-bond donors (Lipinski definition) is 4. The number of thioether (sulfide) groups is 1. The molecule has 0 radical (unpaired) electrons. The highest BCUT2D eigenvalue weighted by Crippen LogP contribution is 2.32. The SMILES string of the molecule is CSc1ccc(S(=O)(=O)C[C@@H]2CC[C@H](O)C[C@@H]2NC(=O)CNC(=O)c2cc(C(F)(F)F)ccc2NC(=O)OC(C)(C)C)cc1. The third-order valence-electron chi connectivity index (χ3n) is 6.80. The molecule has 0 aliphatic heterocycles. The molecule has 3 amide bonds. The highest BCUT2D eigenvalue weighted by molar-refractivity contribution is 7.98. The Kier molecular flexibility index (Phi) is 11.4. The van der Waals surface area contributed by atoms with Crippen molar-refractivity contribution in [1.82, 2.24) is 10.6 Å². The Morgan fingerprint density at radius 1 is 1.05 bits per heavy atom. The van der Waals surface area contributed by atoms with Gasteiger partial charge in [-0.25, -0.2) is 13.2 Å². The molecule has 0 unspecified atom stereocenters. The number of sulfone groups is 1. The first-order valence-electron chi connectivity index (χ1n) is 13.7. The Morgan fingerprint density at radius 2 is 1.70 bits per heavy atom. The monoisotopic (exact) mass is 659 g/mol. The van der Waals surface area contributed by atoms with Crippen molar-refractivity contribution in [3.8, 4) is 0 Å². The average molecular weight is 660 g/mol. The molecule has 0 aromatic heterocycles. The third kappa shape index (κ3) is 10.1. The quantitative estimate of drug-likeness (QED) is 0.285.